The smallest absolute Gasteiger partial charge is 0.408 e. The number of ether oxygens (including phenoxy) is 2. The highest BCUT2D eigenvalue weighted by Gasteiger charge is 2.54. The van der Waals surface area contributed by atoms with E-state index in [2.05, 4.69) is 5.32 Å². The van der Waals surface area contributed by atoms with Gasteiger partial charge in [-0.15, -0.1) is 11.8 Å². The Kier molecular flexibility index (Phi) is 7.54. The molecule has 1 fully saturated rings. The first-order chi connectivity index (χ1) is 17.2. The Bertz CT molecular complexity index is 1150. The highest BCUT2D eigenvalue weighted by molar-refractivity contribution is 8.00. The van der Waals surface area contributed by atoms with Gasteiger partial charge in [0.1, 0.15) is 22.7 Å². The maximum Gasteiger partial charge on any atom is 0.408 e. The summed E-state index contributed by atoms with van der Waals surface area (Å²) < 4.78 is 11.4. The number of thioether (sulfide) groups is 1. The van der Waals surface area contributed by atoms with Crippen LogP contribution in [0.3, 0.4) is 0 Å². The second-order valence-corrected chi connectivity index (χ2v) is 10.6. The molecule has 2 aliphatic heterocycles. The molecular formula is C28H30N2O5S. The van der Waals surface area contributed by atoms with Crippen LogP contribution < -0.4 is 5.32 Å². The highest BCUT2D eigenvalue weighted by atomic mass is 32.2. The van der Waals surface area contributed by atoms with E-state index in [0.717, 1.165) is 11.1 Å². The lowest BCUT2D eigenvalue weighted by Gasteiger charge is -2.49. The minimum absolute atomic E-state index is 0.209. The summed E-state index contributed by atoms with van der Waals surface area (Å²) in [4.78, 5) is 40.6. The average molecular weight is 507 g/mol. The van der Waals surface area contributed by atoms with Gasteiger partial charge in [0.05, 0.1) is 0 Å². The normalized spacial score (nSPS) is 19.7. The first-order valence-electron chi connectivity index (χ1n) is 11.8. The molecule has 188 valence electrons. The van der Waals surface area contributed by atoms with E-state index >= 15 is 0 Å². The van der Waals surface area contributed by atoms with E-state index in [1.807, 2.05) is 79.7 Å². The first-order valence-corrected chi connectivity index (χ1v) is 12.9. The Morgan fingerprint density at radius 1 is 1.06 bits per heavy atom. The summed E-state index contributed by atoms with van der Waals surface area (Å²) in [6.45, 7) is 7.13. The molecule has 1 saturated heterocycles. The molecule has 0 saturated carbocycles. The molecule has 2 aromatic rings. The van der Waals surface area contributed by atoms with E-state index in [1.165, 1.54) is 16.7 Å². The Hall–Kier alpha value is -3.52. The molecule has 2 aliphatic rings. The van der Waals surface area contributed by atoms with Crippen LogP contribution in [0, 0.1) is 0 Å². The predicted molar refractivity (Wildman–Crippen MR) is 139 cm³/mol. The summed E-state index contributed by atoms with van der Waals surface area (Å²) in [5.41, 5.74) is 1.88. The van der Waals surface area contributed by atoms with Crippen molar-refractivity contribution in [3.63, 3.8) is 0 Å². The molecule has 2 aromatic carbocycles. The fourth-order valence-corrected chi connectivity index (χ4v) is 5.46. The van der Waals surface area contributed by atoms with Crippen molar-refractivity contribution in [3.8, 4) is 0 Å². The van der Waals surface area contributed by atoms with Gasteiger partial charge < -0.3 is 14.8 Å². The van der Waals surface area contributed by atoms with Crippen LogP contribution in [-0.4, -0.2) is 45.6 Å². The Morgan fingerprint density at radius 3 is 2.17 bits per heavy atom. The topological polar surface area (TPSA) is 84.9 Å². The molecule has 0 aliphatic carbocycles. The van der Waals surface area contributed by atoms with Crippen LogP contribution in [0.2, 0.25) is 0 Å². The molecule has 0 radical (unpaired) electrons. The Balaban J connectivity index is 1.60. The predicted octanol–water partition coefficient (Wildman–Crippen LogP) is 4.96. The summed E-state index contributed by atoms with van der Waals surface area (Å²) in [7, 11) is 0. The minimum atomic E-state index is -0.779. The number of hydrogen-bond acceptors (Lipinski definition) is 6. The molecule has 0 aromatic heterocycles. The van der Waals surface area contributed by atoms with Crippen LogP contribution in [-0.2, 0) is 19.1 Å². The summed E-state index contributed by atoms with van der Waals surface area (Å²) in [5.74, 6) is -0.463. The summed E-state index contributed by atoms with van der Waals surface area (Å²) in [6.07, 6.45) is 2.35. The Morgan fingerprint density at radius 2 is 1.64 bits per heavy atom. The van der Waals surface area contributed by atoms with Gasteiger partial charge in [0.2, 0.25) is 0 Å². The lowest BCUT2D eigenvalue weighted by Crippen LogP contribution is -2.70. The fraction of sp³-hybridized carbons (Fsp3) is 0.321. The van der Waals surface area contributed by atoms with Crippen molar-refractivity contribution in [1.29, 1.82) is 0 Å². The van der Waals surface area contributed by atoms with Crippen molar-refractivity contribution >= 4 is 29.7 Å². The van der Waals surface area contributed by atoms with Crippen molar-refractivity contribution in [2.24, 2.45) is 0 Å². The number of benzene rings is 2. The van der Waals surface area contributed by atoms with Crippen molar-refractivity contribution < 1.29 is 23.9 Å². The van der Waals surface area contributed by atoms with Gasteiger partial charge >= 0.3 is 12.1 Å². The minimum Gasteiger partial charge on any atom is -0.448 e. The van der Waals surface area contributed by atoms with Crippen molar-refractivity contribution in [3.05, 3.63) is 95.2 Å². The second-order valence-electron chi connectivity index (χ2n) is 9.51. The van der Waals surface area contributed by atoms with Gasteiger partial charge in [-0.2, -0.15) is 0 Å². The number of nitrogens with zero attached hydrogens (tertiary/aromatic N) is 1. The molecule has 1 N–H and O–H groups in total. The molecule has 36 heavy (non-hydrogen) atoms. The number of carbonyl (C=O) groups is 3. The van der Waals surface area contributed by atoms with Crippen LogP contribution in [0.5, 0.6) is 0 Å². The maximum atomic E-state index is 13.7. The number of allylic oxidation sites excluding steroid dienone is 2. The number of fused-ring (bicyclic) bond motifs is 1. The molecule has 0 spiro atoms. The molecular weight excluding hydrogens is 476 g/mol. The molecule has 8 heteroatoms. The summed E-state index contributed by atoms with van der Waals surface area (Å²) in [6, 6.07) is 18.2. The standard InChI is InChI=1S/C28H30N2O5S/c1-5-12-20-17-36-25-21(29-27(33)35-28(2,3)4)24(31)30(25)22(20)26(32)34-23(18-13-8-6-9-14-18)19-15-10-7-11-16-19/h5-16,21,23,25H,17H2,1-4H3,(H,29,33)/t21?,25-/m0/s1. The molecule has 2 amide bonds. The third-order valence-corrected chi connectivity index (χ3v) is 6.96. The molecule has 2 atom stereocenters. The lowest BCUT2D eigenvalue weighted by molar-refractivity contribution is -0.153. The number of rotatable bonds is 6. The van der Waals surface area contributed by atoms with E-state index in [4.69, 9.17) is 9.47 Å². The van der Waals surface area contributed by atoms with Crippen molar-refractivity contribution in [2.45, 2.75) is 50.8 Å². The van der Waals surface area contributed by atoms with Gasteiger partial charge in [-0.1, -0.05) is 72.8 Å². The second kappa shape index (κ2) is 10.6. The molecule has 2 heterocycles. The van der Waals surface area contributed by atoms with Crippen LogP contribution in [0.1, 0.15) is 44.9 Å². The van der Waals surface area contributed by atoms with E-state index in [0.29, 0.717) is 11.3 Å². The quantitative estimate of drug-likeness (QED) is 0.441. The van der Waals surface area contributed by atoms with Crippen LogP contribution in [0.25, 0.3) is 0 Å². The fourth-order valence-electron chi connectivity index (χ4n) is 4.14. The lowest BCUT2D eigenvalue weighted by atomic mass is 10.0. The van der Waals surface area contributed by atoms with Gasteiger partial charge in [-0.3, -0.25) is 9.69 Å². The summed E-state index contributed by atoms with van der Waals surface area (Å²) >= 11 is 1.48. The molecule has 7 nitrogen and oxygen atoms in total. The number of alkyl carbamates (subject to hydrolysis) is 1. The number of amides is 2. The third kappa shape index (κ3) is 5.49. The average Bonchev–Trinajstić information content (AvgIpc) is 2.85. The maximum absolute atomic E-state index is 13.7. The van der Waals surface area contributed by atoms with E-state index < -0.39 is 35.2 Å². The zero-order valence-electron chi connectivity index (χ0n) is 20.8. The highest BCUT2D eigenvalue weighted by Crippen LogP contribution is 2.42. The Labute approximate surface area is 215 Å². The third-order valence-electron chi connectivity index (χ3n) is 5.66. The van der Waals surface area contributed by atoms with Gasteiger partial charge in [0.25, 0.3) is 5.91 Å². The zero-order valence-corrected chi connectivity index (χ0v) is 21.6. The van der Waals surface area contributed by atoms with Crippen LogP contribution in [0.4, 0.5) is 4.79 Å². The molecule has 1 unspecified atom stereocenters. The number of esters is 1. The van der Waals surface area contributed by atoms with Gasteiger partial charge in [0, 0.05) is 5.75 Å². The SMILES string of the molecule is CC=CC1=C(C(=O)OC(c2ccccc2)c2ccccc2)N2C(=O)C(NC(=O)OC(C)(C)C)[C@@H]2SC1. The van der Waals surface area contributed by atoms with Gasteiger partial charge in [-0.25, -0.2) is 9.59 Å². The van der Waals surface area contributed by atoms with Crippen molar-refractivity contribution in [1.82, 2.24) is 10.2 Å². The zero-order chi connectivity index (χ0) is 25.9. The number of carbonyl (C=O) groups excluding carboxylic acids is 3. The van der Waals surface area contributed by atoms with Crippen LogP contribution in [0.15, 0.2) is 84.1 Å². The molecule has 0 bridgehead atoms. The van der Waals surface area contributed by atoms with Gasteiger partial charge in [-0.05, 0) is 44.4 Å². The van der Waals surface area contributed by atoms with E-state index in [-0.39, 0.29) is 11.6 Å². The summed E-state index contributed by atoms with van der Waals surface area (Å²) in [5, 5.41) is 2.23. The van der Waals surface area contributed by atoms with Crippen LogP contribution >= 0.6 is 11.8 Å². The number of nitrogens with one attached hydrogen (secondary N) is 1. The molecule has 4 rings (SSSR count). The first kappa shape index (κ1) is 25.6. The van der Waals surface area contributed by atoms with Crippen molar-refractivity contribution in [2.75, 3.05) is 5.75 Å². The monoisotopic (exact) mass is 506 g/mol. The number of β-lactam (4-membered cyclic amide) rings is 1. The van der Waals surface area contributed by atoms with E-state index in [9.17, 15) is 14.4 Å². The largest absolute Gasteiger partial charge is 0.448 e. The van der Waals surface area contributed by atoms with Gasteiger partial charge in [0.15, 0.2) is 6.10 Å². The van der Waals surface area contributed by atoms with E-state index in [1.54, 1.807) is 20.8 Å². The number of hydrogen-bond donors (Lipinski definition) is 1.